The third-order valence-electron chi connectivity index (χ3n) is 4.75. The highest BCUT2D eigenvalue weighted by Gasteiger charge is 2.17. The topological polar surface area (TPSA) is 41.6 Å². The van der Waals surface area contributed by atoms with Gasteiger partial charge in [-0.05, 0) is 49.1 Å². The summed E-state index contributed by atoms with van der Waals surface area (Å²) in [7, 11) is 1.64. The van der Waals surface area contributed by atoms with Crippen molar-refractivity contribution in [2.75, 3.05) is 25.1 Å². The van der Waals surface area contributed by atoms with E-state index in [0.29, 0.717) is 12.2 Å². The highest BCUT2D eigenvalue weighted by atomic mass is 16.5. The van der Waals surface area contributed by atoms with E-state index in [9.17, 15) is 4.79 Å². The van der Waals surface area contributed by atoms with Gasteiger partial charge in [0.2, 0.25) is 0 Å². The Hall–Kier alpha value is -2.33. The Balaban J connectivity index is 1.72. The van der Waals surface area contributed by atoms with Crippen LogP contribution >= 0.6 is 0 Å². The van der Waals surface area contributed by atoms with Crippen LogP contribution in [0.15, 0.2) is 48.5 Å². The maximum absolute atomic E-state index is 12.7. The third kappa shape index (κ3) is 4.20. The number of nitrogens with zero attached hydrogens (tertiary/aromatic N) is 1. The molecule has 1 N–H and O–H groups in total. The van der Waals surface area contributed by atoms with Crippen molar-refractivity contribution in [2.24, 2.45) is 0 Å². The second kappa shape index (κ2) is 8.17. The van der Waals surface area contributed by atoms with Gasteiger partial charge >= 0.3 is 0 Å². The third-order valence-corrected chi connectivity index (χ3v) is 4.75. The van der Waals surface area contributed by atoms with E-state index in [1.165, 1.54) is 18.5 Å². The Labute approximate surface area is 149 Å². The molecule has 4 nitrogen and oxygen atoms in total. The van der Waals surface area contributed by atoms with E-state index < -0.39 is 0 Å². The first-order chi connectivity index (χ1) is 12.2. The molecule has 1 fully saturated rings. The van der Waals surface area contributed by atoms with Crippen LogP contribution in [0.3, 0.4) is 0 Å². The van der Waals surface area contributed by atoms with Gasteiger partial charge in [0.05, 0.1) is 12.6 Å². The predicted octanol–water partition coefficient (Wildman–Crippen LogP) is 3.92. The minimum atomic E-state index is -0.0632. The van der Waals surface area contributed by atoms with Crippen LogP contribution in [0.2, 0.25) is 0 Å². The van der Waals surface area contributed by atoms with Gasteiger partial charge in [0.25, 0.3) is 5.91 Å². The number of hydrogen-bond acceptors (Lipinski definition) is 3. The summed E-state index contributed by atoms with van der Waals surface area (Å²) >= 11 is 0. The summed E-state index contributed by atoms with van der Waals surface area (Å²) in [6.45, 7) is 4.70. The quantitative estimate of drug-likeness (QED) is 0.868. The van der Waals surface area contributed by atoms with Crippen LogP contribution in [-0.2, 0) is 11.3 Å². The first-order valence-electron chi connectivity index (χ1n) is 8.91. The molecule has 0 aromatic heterocycles. The minimum Gasteiger partial charge on any atom is -0.380 e. The van der Waals surface area contributed by atoms with Crippen LogP contribution in [0, 0.1) is 0 Å². The Morgan fingerprint density at radius 1 is 1.16 bits per heavy atom. The van der Waals surface area contributed by atoms with Crippen LogP contribution in [-0.4, -0.2) is 26.1 Å². The number of rotatable bonds is 6. The SMILES string of the molecule is COCc1ccccc1C(=O)N[C@H](C)c1cccc(N2CCCC2)c1. The molecule has 132 valence electrons. The molecule has 2 aromatic rings. The molecular weight excluding hydrogens is 312 g/mol. The highest BCUT2D eigenvalue weighted by Crippen LogP contribution is 2.24. The molecule has 1 saturated heterocycles. The van der Waals surface area contributed by atoms with E-state index in [-0.39, 0.29) is 11.9 Å². The molecule has 0 spiro atoms. The van der Waals surface area contributed by atoms with Gasteiger partial charge in [0.1, 0.15) is 0 Å². The summed E-state index contributed by atoms with van der Waals surface area (Å²) in [6.07, 6.45) is 2.51. The lowest BCUT2D eigenvalue weighted by Crippen LogP contribution is -2.28. The van der Waals surface area contributed by atoms with Gasteiger partial charge < -0.3 is 15.0 Å². The molecule has 1 atom stereocenters. The zero-order chi connectivity index (χ0) is 17.6. The molecular formula is C21H26N2O2. The second-order valence-corrected chi connectivity index (χ2v) is 6.57. The number of carbonyl (C=O) groups is 1. The van der Waals surface area contributed by atoms with E-state index in [2.05, 4.69) is 34.5 Å². The van der Waals surface area contributed by atoms with Crippen LogP contribution in [0.1, 0.15) is 47.3 Å². The van der Waals surface area contributed by atoms with Gasteiger partial charge in [-0.2, -0.15) is 0 Å². The van der Waals surface area contributed by atoms with Crippen LogP contribution in [0.25, 0.3) is 0 Å². The number of anilines is 1. The number of methoxy groups -OCH3 is 1. The molecule has 0 radical (unpaired) electrons. The molecule has 1 amide bonds. The average Bonchev–Trinajstić information content (AvgIpc) is 3.17. The average molecular weight is 338 g/mol. The monoisotopic (exact) mass is 338 g/mol. The zero-order valence-corrected chi connectivity index (χ0v) is 15.0. The van der Waals surface area contributed by atoms with Gasteiger partial charge in [0.15, 0.2) is 0 Å². The number of nitrogens with one attached hydrogen (secondary N) is 1. The molecule has 0 aliphatic carbocycles. The molecule has 4 heteroatoms. The molecule has 0 unspecified atom stereocenters. The lowest BCUT2D eigenvalue weighted by Gasteiger charge is -2.21. The van der Waals surface area contributed by atoms with Crippen molar-refractivity contribution in [1.82, 2.24) is 5.32 Å². The van der Waals surface area contributed by atoms with Crippen LogP contribution in [0.5, 0.6) is 0 Å². The maximum atomic E-state index is 12.7. The number of benzene rings is 2. The first-order valence-corrected chi connectivity index (χ1v) is 8.91. The Morgan fingerprint density at radius 3 is 2.68 bits per heavy atom. The Kier molecular flexibility index (Phi) is 5.71. The fourth-order valence-corrected chi connectivity index (χ4v) is 3.35. The number of ether oxygens (including phenoxy) is 1. The molecule has 1 aliphatic rings. The lowest BCUT2D eigenvalue weighted by atomic mass is 10.0. The smallest absolute Gasteiger partial charge is 0.252 e. The van der Waals surface area contributed by atoms with Gasteiger partial charge in [-0.3, -0.25) is 4.79 Å². The van der Waals surface area contributed by atoms with Crippen molar-refractivity contribution < 1.29 is 9.53 Å². The van der Waals surface area contributed by atoms with E-state index in [0.717, 1.165) is 24.2 Å². The Morgan fingerprint density at radius 2 is 1.92 bits per heavy atom. The van der Waals surface area contributed by atoms with E-state index in [1.807, 2.05) is 31.2 Å². The van der Waals surface area contributed by atoms with Gasteiger partial charge in [0, 0.05) is 31.5 Å². The number of hydrogen-bond donors (Lipinski definition) is 1. The summed E-state index contributed by atoms with van der Waals surface area (Å²) in [5.74, 6) is -0.0632. The molecule has 3 rings (SSSR count). The van der Waals surface area contributed by atoms with Gasteiger partial charge in [-0.25, -0.2) is 0 Å². The van der Waals surface area contributed by atoms with E-state index >= 15 is 0 Å². The largest absolute Gasteiger partial charge is 0.380 e. The molecule has 1 heterocycles. The molecule has 25 heavy (non-hydrogen) atoms. The van der Waals surface area contributed by atoms with Gasteiger partial charge in [-0.15, -0.1) is 0 Å². The number of amides is 1. The summed E-state index contributed by atoms with van der Waals surface area (Å²) in [6, 6.07) is 16.0. The minimum absolute atomic E-state index is 0.0503. The second-order valence-electron chi connectivity index (χ2n) is 6.57. The summed E-state index contributed by atoms with van der Waals surface area (Å²) in [5, 5.41) is 3.12. The van der Waals surface area contributed by atoms with Crippen molar-refractivity contribution in [2.45, 2.75) is 32.4 Å². The predicted molar refractivity (Wildman–Crippen MR) is 101 cm³/mol. The summed E-state index contributed by atoms with van der Waals surface area (Å²) in [4.78, 5) is 15.1. The molecule has 2 aromatic carbocycles. The summed E-state index contributed by atoms with van der Waals surface area (Å²) < 4.78 is 5.20. The Bertz CT molecular complexity index is 723. The van der Waals surface area contributed by atoms with E-state index in [1.54, 1.807) is 7.11 Å². The standard InChI is InChI=1S/C21H26N2O2/c1-16(17-9-7-10-19(14-17)23-12-5-6-13-23)22-21(24)20-11-4-3-8-18(20)15-25-2/h3-4,7-11,14,16H,5-6,12-13,15H2,1-2H3,(H,22,24)/t16-/m1/s1. The van der Waals surface area contributed by atoms with Crippen molar-refractivity contribution in [1.29, 1.82) is 0 Å². The van der Waals surface area contributed by atoms with Crippen LogP contribution in [0.4, 0.5) is 5.69 Å². The lowest BCUT2D eigenvalue weighted by molar-refractivity contribution is 0.0935. The number of carbonyl (C=O) groups excluding carboxylic acids is 1. The maximum Gasteiger partial charge on any atom is 0.252 e. The van der Waals surface area contributed by atoms with Crippen LogP contribution < -0.4 is 10.2 Å². The van der Waals surface area contributed by atoms with Crippen molar-refractivity contribution in [3.8, 4) is 0 Å². The molecule has 1 aliphatic heterocycles. The first kappa shape index (κ1) is 17.5. The molecule has 0 bridgehead atoms. The fraction of sp³-hybridized carbons (Fsp3) is 0.381. The fourth-order valence-electron chi connectivity index (χ4n) is 3.35. The van der Waals surface area contributed by atoms with Crippen molar-refractivity contribution in [3.63, 3.8) is 0 Å². The highest BCUT2D eigenvalue weighted by molar-refractivity contribution is 5.95. The van der Waals surface area contributed by atoms with Crippen molar-refractivity contribution >= 4 is 11.6 Å². The zero-order valence-electron chi connectivity index (χ0n) is 15.0. The van der Waals surface area contributed by atoms with Gasteiger partial charge in [-0.1, -0.05) is 30.3 Å². The van der Waals surface area contributed by atoms with E-state index in [4.69, 9.17) is 4.74 Å². The summed E-state index contributed by atoms with van der Waals surface area (Å²) in [5.41, 5.74) is 3.95. The van der Waals surface area contributed by atoms with Crippen molar-refractivity contribution in [3.05, 3.63) is 65.2 Å². The molecule has 0 saturated carbocycles. The normalized spacial score (nSPS) is 15.2.